The molecule has 0 aromatic rings. The highest BCUT2D eigenvalue weighted by Crippen LogP contribution is 2.43. The summed E-state index contributed by atoms with van der Waals surface area (Å²) in [6.45, 7) is 13.9. The molecule has 0 radical (unpaired) electrons. The standard InChI is InChI=1S/C24H45ClO2/c1-7-10-11-12-13-14-15-16-17-18-19-20-21(4)24(9-3,23(5,6)25)27-22(26)8-2/h8,21H,2,7,9-20H2,1,3-6H3. The van der Waals surface area contributed by atoms with Gasteiger partial charge in [-0.2, -0.15) is 0 Å². The fourth-order valence-corrected chi connectivity index (χ4v) is 4.58. The van der Waals surface area contributed by atoms with Gasteiger partial charge in [0.05, 0.1) is 4.87 Å². The third-order valence-electron chi connectivity index (χ3n) is 6.02. The maximum Gasteiger partial charge on any atom is 0.330 e. The van der Waals surface area contributed by atoms with Crippen LogP contribution in [0.4, 0.5) is 0 Å². The fraction of sp³-hybridized carbons (Fsp3) is 0.875. The normalized spacial score (nSPS) is 15.2. The van der Waals surface area contributed by atoms with E-state index >= 15 is 0 Å². The maximum atomic E-state index is 11.9. The largest absolute Gasteiger partial charge is 0.454 e. The zero-order valence-electron chi connectivity index (χ0n) is 18.7. The van der Waals surface area contributed by atoms with Gasteiger partial charge in [-0.1, -0.05) is 98.0 Å². The van der Waals surface area contributed by atoms with Crippen LogP contribution in [0.1, 0.15) is 118 Å². The summed E-state index contributed by atoms with van der Waals surface area (Å²) in [5, 5.41) is 0. The molecule has 0 amide bonds. The highest BCUT2D eigenvalue weighted by Gasteiger charge is 2.49. The zero-order chi connectivity index (χ0) is 20.8. The van der Waals surface area contributed by atoms with E-state index in [4.69, 9.17) is 16.3 Å². The molecule has 0 N–H and O–H groups in total. The number of unbranched alkanes of at least 4 members (excludes halogenated alkanes) is 10. The summed E-state index contributed by atoms with van der Waals surface area (Å²) in [5.74, 6) is -0.158. The maximum absolute atomic E-state index is 11.9. The second-order valence-electron chi connectivity index (χ2n) is 8.57. The van der Waals surface area contributed by atoms with Crippen LogP contribution in [0.2, 0.25) is 0 Å². The van der Waals surface area contributed by atoms with Crippen LogP contribution in [0.5, 0.6) is 0 Å². The zero-order valence-corrected chi connectivity index (χ0v) is 19.5. The minimum atomic E-state index is -0.654. The van der Waals surface area contributed by atoms with Gasteiger partial charge in [0.1, 0.15) is 5.60 Å². The van der Waals surface area contributed by atoms with Crippen LogP contribution >= 0.6 is 11.6 Å². The molecule has 0 aliphatic rings. The molecule has 0 spiro atoms. The molecular weight excluding hydrogens is 356 g/mol. The predicted octanol–water partition coefficient (Wildman–Crippen LogP) is 8.22. The topological polar surface area (TPSA) is 26.3 Å². The highest BCUT2D eigenvalue weighted by atomic mass is 35.5. The lowest BCUT2D eigenvalue weighted by molar-refractivity contribution is -0.165. The van der Waals surface area contributed by atoms with E-state index in [-0.39, 0.29) is 11.9 Å². The summed E-state index contributed by atoms with van der Waals surface area (Å²) in [6, 6.07) is 0. The molecule has 0 aliphatic heterocycles. The molecule has 0 rings (SSSR count). The van der Waals surface area contributed by atoms with Crippen LogP contribution in [0, 0.1) is 5.92 Å². The number of carbonyl (C=O) groups excluding carboxylic acids is 1. The molecule has 0 bridgehead atoms. The predicted molar refractivity (Wildman–Crippen MR) is 119 cm³/mol. The molecule has 2 unspecified atom stereocenters. The first-order chi connectivity index (χ1) is 12.7. The van der Waals surface area contributed by atoms with E-state index in [0.29, 0.717) is 6.42 Å². The molecule has 2 nitrogen and oxygen atoms in total. The van der Waals surface area contributed by atoms with Crippen LogP contribution < -0.4 is 0 Å². The van der Waals surface area contributed by atoms with Crippen molar-refractivity contribution in [2.45, 2.75) is 129 Å². The van der Waals surface area contributed by atoms with Gasteiger partial charge in [0.2, 0.25) is 0 Å². The van der Waals surface area contributed by atoms with Gasteiger partial charge in [-0.3, -0.25) is 0 Å². The SMILES string of the molecule is C=CC(=O)OC(CC)(C(C)CCCCCCCCCCCCC)C(C)(C)Cl. The van der Waals surface area contributed by atoms with Crippen LogP contribution in [0.25, 0.3) is 0 Å². The molecule has 0 fully saturated rings. The van der Waals surface area contributed by atoms with Crippen molar-refractivity contribution in [2.24, 2.45) is 5.92 Å². The number of hydrogen-bond donors (Lipinski definition) is 0. The second kappa shape index (κ2) is 14.5. The fourth-order valence-electron chi connectivity index (χ4n) is 4.22. The Hall–Kier alpha value is -0.500. The summed E-state index contributed by atoms with van der Waals surface area (Å²) >= 11 is 6.68. The molecule has 27 heavy (non-hydrogen) atoms. The van der Waals surface area contributed by atoms with E-state index in [2.05, 4.69) is 27.4 Å². The van der Waals surface area contributed by atoms with Crippen LogP contribution in [-0.2, 0) is 9.53 Å². The molecule has 0 aliphatic carbocycles. The lowest BCUT2D eigenvalue weighted by Crippen LogP contribution is -2.54. The Morgan fingerprint density at radius 1 is 0.963 bits per heavy atom. The molecule has 0 saturated carbocycles. The lowest BCUT2D eigenvalue weighted by Gasteiger charge is -2.46. The van der Waals surface area contributed by atoms with Crippen molar-refractivity contribution in [1.82, 2.24) is 0 Å². The first kappa shape index (κ1) is 26.5. The van der Waals surface area contributed by atoms with Crippen LogP contribution in [-0.4, -0.2) is 16.4 Å². The van der Waals surface area contributed by atoms with Crippen molar-refractivity contribution < 1.29 is 9.53 Å². The summed E-state index contributed by atoms with van der Waals surface area (Å²) in [6.07, 6.45) is 17.7. The van der Waals surface area contributed by atoms with Gasteiger partial charge in [0.25, 0.3) is 0 Å². The third kappa shape index (κ3) is 10.0. The number of esters is 1. The summed E-state index contributed by atoms with van der Waals surface area (Å²) < 4.78 is 5.82. The first-order valence-electron chi connectivity index (χ1n) is 11.3. The summed E-state index contributed by atoms with van der Waals surface area (Å²) in [7, 11) is 0. The van der Waals surface area contributed by atoms with Gasteiger partial charge in [0.15, 0.2) is 0 Å². The number of rotatable bonds is 17. The van der Waals surface area contributed by atoms with Gasteiger partial charge in [-0.05, 0) is 32.6 Å². The molecule has 2 atom stereocenters. The Balaban J connectivity index is 4.19. The Kier molecular flexibility index (Phi) is 14.2. The molecular formula is C24H45ClO2. The van der Waals surface area contributed by atoms with E-state index in [1.807, 2.05) is 13.8 Å². The number of ether oxygens (including phenoxy) is 1. The van der Waals surface area contributed by atoms with Crippen molar-refractivity contribution in [3.05, 3.63) is 12.7 Å². The van der Waals surface area contributed by atoms with Crippen molar-refractivity contribution in [3.63, 3.8) is 0 Å². The number of alkyl halides is 1. The number of halogens is 1. The van der Waals surface area contributed by atoms with E-state index in [1.165, 1.54) is 70.3 Å². The second-order valence-corrected chi connectivity index (χ2v) is 9.51. The minimum absolute atomic E-state index is 0.220. The molecule has 0 aromatic carbocycles. The van der Waals surface area contributed by atoms with Crippen LogP contribution in [0.15, 0.2) is 12.7 Å². The van der Waals surface area contributed by atoms with E-state index < -0.39 is 10.5 Å². The van der Waals surface area contributed by atoms with Crippen molar-refractivity contribution in [3.8, 4) is 0 Å². The van der Waals surface area contributed by atoms with Gasteiger partial charge < -0.3 is 4.74 Å². The van der Waals surface area contributed by atoms with Crippen molar-refractivity contribution in [2.75, 3.05) is 0 Å². The van der Waals surface area contributed by atoms with E-state index in [1.54, 1.807) is 0 Å². The summed E-state index contributed by atoms with van der Waals surface area (Å²) in [4.78, 5) is 11.3. The van der Waals surface area contributed by atoms with Gasteiger partial charge in [0, 0.05) is 6.08 Å². The van der Waals surface area contributed by atoms with Gasteiger partial charge >= 0.3 is 5.97 Å². The number of hydrogen-bond acceptors (Lipinski definition) is 2. The summed E-state index contributed by atoms with van der Waals surface area (Å²) in [5.41, 5.74) is -0.654. The smallest absolute Gasteiger partial charge is 0.330 e. The van der Waals surface area contributed by atoms with E-state index in [9.17, 15) is 4.79 Å². The molecule has 160 valence electrons. The number of carbonyl (C=O) groups is 1. The van der Waals surface area contributed by atoms with Crippen molar-refractivity contribution in [1.29, 1.82) is 0 Å². The monoisotopic (exact) mass is 400 g/mol. The van der Waals surface area contributed by atoms with E-state index in [0.717, 1.165) is 12.8 Å². The molecule has 3 heteroatoms. The molecule has 0 saturated heterocycles. The first-order valence-corrected chi connectivity index (χ1v) is 11.7. The Bertz CT molecular complexity index is 400. The Morgan fingerprint density at radius 2 is 1.41 bits per heavy atom. The van der Waals surface area contributed by atoms with Crippen LogP contribution in [0.3, 0.4) is 0 Å². The van der Waals surface area contributed by atoms with Gasteiger partial charge in [-0.25, -0.2) is 4.79 Å². The molecule has 0 heterocycles. The average molecular weight is 401 g/mol. The van der Waals surface area contributed by atoms with Crippen molar-refractivity contribution >= 4 is 17.6 Å². The quantitative estimate of drug-likeness (QED) is 0.106. The Labute approximate surface area is 174 Å². The Morgan fingerprint density at radius 3 is 1.78 bits per heavy atom. The average Bonchev–Trinajstić information content (AvgIpc) is 2.62. The highest BCUT2D eigenvalue weighted by molar-refractivity contribution is 6.24. The third-order valence-corrected chi connectivity index (χ3v) is 6.34. The lowest BCUT2D eigenvalue weighted by atomic mass is 9.74. The molecule has 0 aromatic heterocycles. The minimum Gasteiger partial charge on any atom is -0.454 e. The van der Waals surface area contributed by atoms with Gasteiger partial charge in [-0.15, -0.1) is 11.6 Å².